The van der Waals surface area contributed by atoms with Crippen molar-refractivity contribution in [3.63, 3.8) is 0 Å². The van der Waals surface area contributed by atoms with E-state index in [2.05, 4.69) is 63.9 Å². The number of nitriles is 1. The van der Waals surface area contributed by atoms with E-state index in [1.807, 2.05) is 18.2 Å². The van der Waals surface area contributed by atoms with Crippen molar-refractivity contribution < 1.29 is 4.79 Å². The van der Waals surface area contributed by atoms with Gasteiger partial charge in [-0.1, -0.05) is 26.0 Å². The molecule has 0 radical (unpaired) electrons. The molecule has 1 amide bonds. The maximum absolute atomic E-state index is 12.5. The summed E-state index contributed by atoms with van der Waals surface area (Å²) in [5.41, 5.74) is 3.21. The summed E-state index contributed by atoms with van der Waals surface area (Å²) in [4.78, 5) is 19.4. The van der Waals surface area contributed by atoms with Crippen LogP contribution in [0, 0.1) is 17.2 Å². The van der Waals surface area contributed by atoms with Crippen LogP contribution in [-0.4, -0.2) is 49.7 Å². The summed E-state index contributed by atoms with van der Waals surface area (Å²) in [5, 5.41) is 18.1. The molecular weight excluding hydrogens is 376 g/mol. The van der Waals surface area contributed by atoms with Crippen LogP contribution in [0.1, 0.15) is 20.3 Å². The molecule has 1 saturated heterocycles. The largest absolute Gasteiger partial charge is 0.369 e. The zero-order valence-electron chi connectivity index (χ0n) is 17.7. The molecule has 1 atom stereocenters. The first-order chi connectivity index (χ1) is 14.6. The summed E-state index contributed by atoms with van der Waals surface area (Å²) in [6.07, 6.45) is 2.37. The van der Waals surface area contributed by atoms with E-state index in [-0.39, 0.29) is 12.5 Å². The second-order valence-electron chi connectivity index (χ2n) is 7.89. The molecule has 0 aliphatic carbocycles. The molecule has 7 heteroatoms. The van der Waals surface area contributed by atoms with Crippen LogP contribution < -0.4 is 20.9 Å². The van der Waals surface area contributed by atoms with Crippen LogP contribution in [0.2, 0.25) is 0 Å². The number of aromatic nitrogens is 1. The lowest BCUT2D eigenvalue weighted by atomic mass is 10.0. The minimum Gasteiger partial charge on any atom is -0.369 e. The number of nitrogens with one attached hydrogen (secondary N) is 3. The maximum atomic E-state index is 12.5. The Kier molecular flexibility index (Phi) is 7.63. The van der Waals surface area contributed by atoms with Crippen molar-refractivity contribution in [2.75, 3.05) is 42.9 Å². The van der Waals surface area contributed by atoms with Gasteiger partial charge in [0.05, 0.1) is 6.07 Å². The Balaban J connectivity index is 1.80. The first-order valence-corrected chi connectivity index (χ1v) is 10.5. The van der Waals surface area contributed by atoms with Gasteiger partial charge < -0.3 is 20.9 Å². The van der Waals surface area contributed by atoms with Gasteiger partial charge in [-0.3, -0.25) is 4.79 Å². The van der Waals surface area contributed by atoms with Gasteiger partial charge in [0, 0.05) is 43.6 Å². The zero-order valence-corrected chi connectivity index (χ0v) is 17.7. The number of rotatable bonds is 8. The number of piperazine rings is 1. The molecule has 30 heavy (non-hydrogen) atoms. The number of hydrogen-bond acceptors (Lipinski definition) is 6. The third-order valence-electron chi connectivity index (χ3n) is 5.14. The molecule has 1 aromatic heterocycles. The molecule has 0 spiro atoms. The van der Waals surface area contributed by atoms with E-state index in [1.165, 1.54) is 5.69 Å². The van der Waals surface area contributed by atoms with Crippen LogP contribution in [0.5, 0.6) is 0 Å². The molecule has 0 unspecified atom stereocenters. The van der Waals surface area contributed by atoms with Crippen LogP contribution in [0.3, 0.4) is 0 Å². The Bertz CT molecular complexity index is 868. The highest BCUT2D eigenvalue weighted by Gasteiger charge is 2.21. The van der Waals surface area contributed by atoms with Crippen LogP contribution in [0.15, 0.2) is 42.6 Å². The van der Waals surface area contributed by atoms with E-state index in [0.29, 0.717) is 18.2 Å². The Morgan fingerprint density at radius 3 is 2.63 bits per heavy atom. The van der Waals surface area contributed by atoms with Crippen molar-refractivity contribution in [3.8, 4) is 17.2 Å². The average molecular weight is 407 g/mol. The van der Waals surface area contributed by atoms with Gasteiger partial charge >= 0.3 is 0 Å². The van der Waals surface area contributed by atoms with E-state index in [1.54, 1.807) is 6.20 Å². The summed E-state index contributed by atoms with van der Waals surface area (Å²) in [5.74, 6) is 0.807. The molecular formula is C23H30N6O. The number of hydrogen-bond donors (Lipinski definition) is 3. The monoisotopic (exact) mass is 406 g/mol. The molecule has 0 bridgehead atoms. The highest BCUT2D eigenvalue weighted by molar-refractivity contribution is 5.86. The number of anilines is 2. The van der Waals surface area contributed by atoms with Gasteiger partial charge in [-0.25, -0.2) is 4.98 Å². The number of benzene rings is 1. The molecule has 158 valence electrons. The predicted octanol–water partition coefficient (Wildman–Crippen LogP) is 2.62. The highest BCUT2D eigenvalue weighted by atomic mass is 16.2. The molecule has 2 aromatic rings. The summed E-state index contributed by atoms with van der Waals surface area (Å²) >= 11 is 0. The van der Waals surface area contributed by atoms with E-state index >= 15 is 0 Å². The zero-order chi connectivity index (χ0) is 21.3. The smallest absolute Gasteiger partial charge is 0.243 e. The van der Waals surface area contributed by atoms with Gasteiger partial charge in [0.15, 0.2) is 0 Å². The number of amides is 1. The molecule has 3 N–H and O–H groups in total. The minimum atomic E-state index is -0.452. The van der Waals surface area contributed by atoms with Crippen molar-refractivity contribution in [2.24, 2.45) is 5.92 Å². The third kappa shape index (κ3) is 5.71. The fourth-order valence-electron chi connectivity index (χ4n) is 3.65. The van der Waals surface area contributed by atoms with Gasteiger partial charge in [0.1, 0.15) is 18.4 Å². The lowest BCUT2D eigenvalue weighted by Crippen LogP contribution is -2.43. The van der Waals surface area contributed by atoms with E-state index in [4.69, 9.17) is 5.26 Å². The van der Waals surface area contributed by atoms with Gasteiger partial charge in [0.2, 0.25) is 5.91 Å². The van der Waals surface area contributed by atoms with Gasteiger partial charge in [-0.05, 0) is 42.2 Å². The lowest BCUT2D eigenvalue weighted by molar-refractivity contribution is -0.121. The van der Waals surface area contributed by atoms with Gasteiger partial charge in [-0.2, -0.15) is 5.26 Å². The molecule has 1 aliphatic heterocycles. The molecule has 2 heterocycles. The Hall–Kier alpha value is -3.11. The minimum absolute atomic E-state index is 0.00232. The third-order valence-corrected chi connectivity index (χ3v) is 5.14. The van der Waals surface area contributed by atoms with Crippen molar-refractivity contribution in [1.29, 1.82) is 5.26 Å². The Morgan fingerprint density at radius 1 is 1.23 bits per heavy atom. The van der Waals surface area contributed by atoms with Crippen LogP contribution in [-0.2, 0) is 4.79 Å². The first kappa shape index (κ1) is 21.6. The fourth-order valence-corrected chi connectivity index (χ4v) is 3.65. The predicted molar refractivity (Wildman–Crippen MR) is 120 cm³/mol. The van der Waals surface area contributed by atoms with Crippen LogP contribution in [0.25, 0.3) is 11.1 Å². The summed E-state index contributed by atoms with van der Waals surface area (Å²) in [6, 6.07) is 13.9. The standard InChI is InChI=1S/C23H30N6O/c1-17(2)16-21(23(30)27-11-9-24)28-22-20(4-3-10-26-22)18-5-7-19(8-6-18)29-14-12-25-13-15-29/h3-8,10,17,21,25H,11-16H2,1-2H3,(H,26,28)(H,27,30)/t21-/m0/s1. The van der Waals surface area contributed by atoms with Crippen molar-refractivity contribution in [2.45, 2.75) is 26.3 Å². The van der Waals surface area contributed by atoms with Crippen LogP contribution >= 0.6 is 0 Å². The van der Waals surface area contributed by atoms with E-state index < -0.39 is 6.04 Å². The molecule has 3 rings (SSSR count). The van der Waals surface area contributed by atoms with E-state index in [9.17, 15) is 4.79 Å². The molecule has 1 fully saturated rings. The quantitative estimate of drug-likeness (QED) is 0.584. The summed E-state index contributed by atoms with van der Waals surface area (Å²) in [6.45, 7) is 8.16. The van der Waals surface area contributed by atoms with Crippen molar-refractivity contribution in [3.05, 3.63) is 42.6 Å². The molecule has 7 nitrogen and oxygen atoms in total. The van der Waals surface area contributed by atoms with Gasteiger partial charge in [0.25, 0.3) is 0 Å². The number of nitrogens with zero attached hydrogens (tertiary/aromatic N) is 3. The second-order valence-corrected chi connectivity index (χ2v) is 7.89. The van der Waals surface area contributed by atoms with Crippen molar-refractivity contribution in [1.82, 2.24) is 15.6 Å². The van der Waals surface area contributed by atoms with Gasteiger partial charge in [-0.15, -0.1) is 0 Å². The average Bonchev–Trinajstić information content (AvgIpc) is 2.78. The SMILES string of the molecule is CC(C)C[C@H](Nc1ncccc1-c1ccc(N2CCNCC2)cc1)C(=O)NCC#N. The summed E-state index contributed by atoms with van der Waals surface area (Å²) < 4.78 is 0. The lowest BCUT2D eigenvalue weighted by Gasteiger charge is -2.29. The van der Waals surface area contributed by atoms with E-state index in [0.717, 1.165) is 37.3 Å². The van der Waals surface area contributed by atoms with Crippen LogP contribution in [0.4, 0.5) is 11.5 Å². The highest BCUT2D eigenvalue weighted by Crippen LogP contribution is 2.29. The molecule has 1 aromatic carbocycles. The molecule has 1 aliphatic rings. The Morgan fingerprint density at radius 2 is 1.97 bits per heavy atom. The topological polar surface area (TPSA) is 93.1 Å². The van der Waals surface area contributed by atoms with Crippen molar-refractivity contribution >= 4 is 17.4 Å². The second kappa shape index (κ2) is 10.6. The number of pyridine rings is 1. The Labute approximate surface area is 178 Å². The normalized spacial score (nSPS) is 14.8. The maximum Gasteiger partial charge on any atom is 0.243 e. The fraction of sp³-hybridized carbons (Fsp3) is 0.435. The number of carbonyl (C=O) groups is 1. The number of carbonyl (C=O) groups excluding carboxylic acids is 1. The summed E-state index contributed by atoms with van der Waals surface area (Å²) in [7, 11) is 0. The first-order valence-electron chi connectivity index (χ1n) is 10.5. The molecule has 0 saturated carbocycles.